The van der Waals surface area contributed by atoms with Gasteiger partial charge in [0.05, 0.1) is 12.5 Å². The molecule has 0 saturated carbocycles. The number of thiazole rings is 1. The highest BCUT2D eigenvalue weighted by molar-refractivity contribution is 7.13. The molecule has 0 aliphatic carbocycles. The highest BCUT2D eigenvalue weighted by atomic mass is 32.1. The molecule has 0 aliphatic rings. The Bertz CT molecular complexity index is 383. The Hall–Kier alpha value is -1.35. The molecule has 0 saturated heterocycles. The van der Waals surface area contributed by atoms with Crippen LogP contribution in [0, 0.1) is 6.07 Å². The van der Waals surface area contributed by atoms with Gasteiger partial charge < -0.3 is 4.74 Å². The van der Waals surface area contributed by atoms with Crippen molar-refractivity contribution in [2.45, 2.75) is 0 Å². The minimum Gasteiger partial charge on any atom is -0.480 e. The van der Waals surface area contributed by atoms with Crippen LogP contribution in [0.4, 0.5) is 0 Å². The molecule has 3 heteroatoms. The summed E-state index contributed by atoms with van der Waals surface area (Å²) in [4.78, 5) is 4.28. The maximum Gasteiger partial charge on any atom is 0.224 e. The van der Waals surface area contributed by atoms with Gasteiger partial charge in [0.2, 0.25) is 5.88 Å². The molecule has 0 aliphatic heterocycles. The maximum absolute atomic E-state index is 5.01. The lowest BCUT2D eigenvalue weighted by Gasteiger charge is -1.93. The lowest BCUT2D eigenvalue weighted by atomic mass is 10.2. The molecular formula is C10H8NOS. The molecule has 2 rings (SSSR count). The van der Waals surface area contributed by atoms with Crippen molar-refractivity contribution >= 4 is 11.3 Å². The van der Waals surface area contributed by atoms with E-state index in [9.17, 15) is 0 Å². The van der Waals surface area contributed by atoms with Gasteiger partial charge in [-0.1, -0.05) is 24.3 Å². The molecule has 1 aromatic carbocycles. The fourth-order valence-corrected chi connectivity index (χ4v) is 1.79. The average molecular weight is 190 g/mol. The molecule has 0 amide bonds. The van der Waals surface area contributed by atoms with Gasteiger partial charge in [0.1, 0.15) is 5.01 Å². The smallest absolute Gasteiger partial charge is 0.224 e. The lowest BCUT2D eigenvalue weighted by molar-refractivity contribution is 0.401. The Morgan fingerprint density at radius 1 is 1.38 bits per heavy atom. The summed E-state index contributed by atoms with van der Waals surface area (Å²) in [5.41, 5.74) is 1.10. The van der Waals surface area contributed by atoms with E-state index in [1.165, 1.54) is 0 Å². The van der Waals surface area contributed by atoms with Crippen molar-refractivity contribution in [2.24, 2.45) is 0 Å². The zero-order valence-corrected chi connectivity index (χ0v) is 7.97. The van der Waals surface area contributed by atoms with Crippen LogP contribution in [0.25, 0.3) is 10.6 Å². The molecule has 65 valence electrons. The van der Waals surface area contributed by atoms with E-state index in [0.29, 0.717) is 5.88 Å². The Morgan fingerprint density at radius 3 is 2.77 bits per heavy atom. The van der Waals surface area contributed by atoms with E-state index < -0.39 is 0 Å². The van der Waals surface area contributed by atoms with Crippen molar-refractivity contribution < 1.29 is 4.74 Å². The first-order chi connectivity index (χ1) is 6.40. The van der Waals surface area contributed by atoms with Gasteiger partial charge in [-0.15, -0.1) is 11.3 Å². The fraction of sp³-hybridized carbons (Fsp3) is 0.100. The predicted molar refractivity (Wildman–Crippen MR) is 52.9 cm³/mol. The molecule has 0 unspecified atom stereocenters. The minimum absolute atomic E-state index is 0.674. The largest absolute Gasteiger partial charge is 0.480 e. The number of methoxy groups -OCH3 is 1. The van der Waals surface area contributed by atoms with E-state index in [1.54, 1.807) is 18.4 Å². The second-order valence-electron chi connectivity index (χ2n) is 2.48. The Labute approximate surface area is 80.8 Å². The SMILES string of the molecule is COc1csc(-c2cc[c]cc2)n1. The number of ether oxygens (including phenoxy) is 1. The number of aromatic nitrogens is 1. The molecule has 1 radical (unpaired) electrons. The van der Waals surface area contributed by atoms with Crippen molar-refractivity contribution in [1.29, 1.82) is 0 Å². The maximum atomic E-state index is 5.01. The molecule has 2 aromatic rings. The topological polar surface area (TPSA) is 22.1 Å². The Balaban J connectivity index is 2.36. The van der Waals surface area contributed by atoms with Crippen LogP contribution in [-0.2, 0) is 0 Å². The average Bonchev–Trinajstić information content (AvgIpc) is 2.67. The Kier molecular flexibility index (Phi) is 2.27. The second-order valence-corrected chi connectivity index (χ2v) is 3.34. The first-order valence-electron chi connectivity index (χ1n) is 3.86. The van der Waals surface area contributed by atoms with Crippen LogP contribution in [0.5, 0.6) is 5.88 Å². The monoisotopic (exact) mass is 190 g/mol. The molecule has 0 atom stereocenters. The van der Waals surface area contributed by atoms with Gasteiger partial charge in [0.25, 0.3) is 0 Å². The molecule has 0 spiro atoms. The third-order valence-electron chi connectivity index (χ3n) is 1.66. The van der Waals surface area contributed by atoms with Gasteiger partial charge in [-0.05, 0) is 6.07 Å². The molecule has 0 N–H and O–H groups in total. The summed E-state index contributed by atoms with van der Waals surface area (Å²) in [6.45, 7) is 0. The molecule has 0 fully saturated rings. The van der Waals surface area contributed by atoms with E-state index in [1.807, 2.05) is 29.6 Å². The van der Waals surface area contributed by atoms with Gasteiger partial charge in [-0.25, -0.2) is 4.98 Å². The van der Waals surface area contributed by atoms with Gasteiger partial charge in [-0.3, -0.25) is 0 Å². The normalized spacial score (nSPS) is 9.92. The summed E-state index contributed by atoms with van der Waals surface area (Å²) < 4.78 is 5.01. The van der Waals surface area contributed by atoms with Crippen LogP contribution in [0.3, 0.4) is 0 Å². The fourth-order valence-electron chi connectivity index (χ4n) is 1.01. The van der Waals surface area contributed by atoms with Crippen molar-refractivity contribution in [1.82, 2.24) is 4.98 Å². The summed E-state index contributed by atoms with van der Waals surface area (Å²) in [6, 6.07) is 10.7. The first kappa shape index (κ1) is 8.26. The van der Waals surface area contributed by atoms with Gasteiger partial charge in [-0.2, -0.15) is 0 Å². The van der Waals surface area contributed by atoms with Crippen LogP contribution in [0.2, 0.25) is 0 Å². The first-order valence-corrected chi connectivity index (χ1v) is 4.74. The van der Waals surface area contributed by atoms with Crippen LogP contribution in [0.15, 0.2) is 29.6 Å². The molecule has 1 heterocycles. The molecular weight excluding hydrogens is 182 g/mol. The second kappa shape index (κ2) is 3.58. The molecule has 13 heavy (non-hydrogen) atoms. The van der Waals surface area contributed by atoms with Gasteiger partial charge in [0, 0.05) is 5.56 Å². The number of hydrogen-bond donors (Lipinski definition) is 0. The third kappa shape index (κ3) is 1.70. The zero-order chi connectivity index (χ0) is 9.10. The zero-order valence-electron chi connectivity index (χ0n) is 7.15. The summed E-state index contributed by atoms with van der Waals surface area (Å²) >= 11 is 1.58. The van der Waals surface area contributed by atoms with Gasteiger partial charge >= 0.3 is 0 Å². The van der Waals surface area contributed by atoms with Crippen LogP contribution in [0.1, 0.15) is 0 Å². The van der Waals surface area contributed by atoms with Crippen molar-refractivity contribution in [3.63, 3.8) is 0 Å². The van der Waals surface area contributed by atoms with E-state index in [2.05, 4.69) is 11.1 Å². The molecule has 0 bridgehead atoms. The highest BCUT2D eigenvalue weighted by Crippen LogP contribution is 2.26. The van der Waals surface area contributed by atoms with E-state index >= 15 is 0 Å². The minimum atomic E-state index is 0.674. The summed E-state index contributed by atoms with van der Waals surface area (Å²) in [7, 11) is 1.62. The number of rotatable bonds is 2. The molecule has 2 nitrogen and oxygen atoms in total. The summed E-state index contributed by atoms with van der Waals surface area (Å²) in [6.07, 6.45) is 0. The van der Waals surface area contributed by atoms with E-state index in [-0.39, 0.29) is 0 Å². The van der Waals surface area contributed by atoms with Crippen molar-refractivity contribution in [3.05, 3.63) is 35.7 Å². The third-order valence-corrected chi connectivity index (χ3v) is 2.53. The van der Waals surface area contributed by atoms with E-state index in [4.69, 9.17) is 4.74 Å². The standard InChI is InChI=1S/C10H8NOS/c1-12-9-7-13-10(11-9)8-5-3-2-4-6-8/h3-7H,1H3. The van der Waals surface area contributed by atoms with Crippen LogP contribution >= 0.6 is 11.3 Å². The van der Waals surface area contributed by atoms with Crippen molar-refractivity contribution in [2.75, 3.05) is 7.11 Å². The van der Waals surface area contributed by atoms with Gasteiger partial charge in [0.15, 0.2) is 0 Å². The number of benzene rings is 1. The number of hydrogen-bond acceptors (Lipinski definition) is 3. The predicted octanol–water partition coefficient (Wildman–Crippen LogP) is 2.62. The summed E-state index contributed by atoms with van der Waals surface area (Å²) in [5, 5.41) is 2.87. The lowest BCUT2D eigenvalue weighted by Crippen LogP contribution is -1.81. The summed E-state index contributed by atoms with van der Waals surface area (Å²) in [5.74, 6) is 0.674. The van der Waals surface area contributed by atoms with Crippen molar-refractivity contribution in [3.8, 4) is 16.5 Å². The Morgan fingerprint density at radius 2 is 2.15 bits per heavy atom. The van der Waals surface area contributed by atoms with Crippen LogP contribution in [-0.4, -0.2) is 12.1 Å². The quantitative estimate of drug-likeness (QED) is 0.726. The highest BCUT2D eigenvalue weighted by Gasteiger charge is 2.02. The van der Waals surface area contributed by atoms with Crippen LogP contribution < -0.4 is 4.74 Å². The van der Waals surface area contributed by atoms with E-state index in [0.717, 1.165) is 10.6 Å². The molecule has 1 aromatic heterocycles. The number of nitrogens with zero attached hydrogens (tertiary/aromatic N) is 1.